The number of nitrogens with zero attached hydrogens (tertiary/aromatic N) is 1. The number of hydrogen-bond donors (Lipinski definition) is 1. The standard InChI is InChI=1S/C25H16ClF3N2O3/c26-16-5-7-20-18(11-16)24(33)23-21(31-20)9-15(10-22(23)32)14-4-6-19(30-12-14)13-2-1-3-17(8-13)34-25(27,28)29/h1-8,11-12,15H,9-10H2,(H,31,33). The van der Waals surface area contributed by atoms with Gasteiger partial charge in [-0.25, -0.2) is 0 Å². The van der Waals surface area contributed by atoms with E-state index in [-0.39, 0.29) is 34.9 Å². The molecule has 0 fully saturated rings. The zero-order valence-electron chi connectivity index (χ0n) is 17.4. The molecule has 1 aliphatic carbocycles. The Bertz CT molecular complexity index is 1480. The van der Waals surface area contributed by atoms with Crippen LogP contribution in [0.3, 0.4) is 0 Å². The Hall–Kier alpha value is -3.65. The molecular formula is C25H16ClF3N2O3. The summed E-state index contributed by atoms with van der Waals surface area (Å²) in [7, 11) is 0. The molecule has 9 heteroatoms. The second-order valence-corrected chi connectivity index (χ2v) is 8.51. The number of carbonyl (C=O) groups excluding carboxylic acids is 1. The lowest BCUT2D eigenvalue weighted by Crippen LogP contribution is -2.27. The van der Waals surface area contributed by atoms with Crippen molar-refractivity contribution in [1.82, 2.24) is 9.97 Å². The first-order chi connectivity index (χ1) is 16.2. The third-order valence-electron chi connectivity index (χ3n) is 5.82. The lowest BCUT2D eigenvalue weighted by Gasteiger charge is -2.24. The van der Waals surface area contributed by atoms with Crippen LogP contribution >= 0.6 is 11.6 Å². The van der Waals surface area contributed by atoms with Gasteiger partial charge >= 0.3 is 6.36 Å². The van der Waals surface area contributed by atoms with Gasteiger partial charge in [0.25, 0.3) is 0 Å². The minimum atomic E-state index is -4.78. The zero-order valence-corrected chi connectivity index (χ0v) is 18.2. The number of ether oxygens (including phenoxy) is 1. The Morgan fingerprint density at radius 2 is 1.85 bits per heavy atom. The first-order valence-electron chi connectivity index (χ1n) is 10.4. The molecule has 1 aliphatic rings. The number of halogens is 4. The Balaban J connectivity index is 1.43. The maximum Gasteiger partial charge on any atom is 0.573 e. The van der Waals surface area contributed by atoms with Gasteiger partial charge in [-0.3, -0.25) is 14.6 Å². The van der Waals surface area contributed by atoms with Crippen molar-refractivity contribution in [2.75, 3.05) is 0 Å². The third kappa shape index (κ3) is 4.28. The molecule has 34 heavy (non-hydrogen) atoms. The van der Waals surface area contributed by atoms with Crippen LogP contribution in [0.5, 0.6) is 5.75 Å². The monoisotopic (exact) mass is 484 g/mol. The summed E-state index contributed by atoms with van der Waals surface area (Å²) in [5.74, 6) is -0.778. The molecule has 1 atom stereocenters. The van der Waals surface area contributed by atoms with Crippen LogP contribution in [-0.2, 0) is 6.42 Å². The molecule has 0 aliphatic heterocycles. The van der Waals surface area contributed by atoms with Gasteiger partial charge in [-0.1, -0.05) is 29.8 Å². The van der Waals surface area contributed by atoms with E-state index in [4.69, 9.17) is 11.6 Å². The van der Waals surface area contributed by atoms with E-state index in [1.807, 2.05) is 0 Å². The van der Waals surface area contributed by atoms with Crippen molar-refractivity contribution < 1.29 is 22.7 Å². The van der Waals surface area contributed by atoms with Gasteiger partial charge in [0.2, 0.25) is 5.43 Å². The van der Waals surface area contributed by atoms with E-state index < -0.39 is 6.36 Å². The fourth-order valence-corrected chi connectivity index (χ4v) is 4.48. The van der Waals surface area contributed by atoms with Crippen molar-refractivity contribution in [3.8, 4) is 17.0 Å². The molecule has 2 aromatic heterocycles. The number of fused-ring (bicyclic) bond motifs is 2. The molecule has 0 radical (unpaired) electrons. The Labute approximate surface area is 196 Å². The predicted molar refractivity (Wildman–Crippen MR) is 121 cm³/mol. The van der Waals surface area contributed by atoms with Crippen molar-refractivity contribution in [2.45, 2.75) is 25.1 Å². The summed E-state index contributed by atoms with van der Waals surface area (Å²) in [6, 6.07) is 14.0. The van der Waals surface area contributed by atoms with E-state index in [2.05, 4.69) is 14.7 Å². The number of benzene rings is 2. The number of carbonyl (C=O) groups is 1. The topological polar surface area (TPSA) is 72.0 Å². The van der Waals surface area contributed by atoms with Crippen LogP contribution in [0.1, 0.15) is 34.0 Å². The van der Waals surface area contributed by atoms with Gasteiger partial charge in [0.1, 0.15) is 5.75 Å². The molecule has 0 saturated heterocycles. The Morgan fingerprint density at radius 3 is 2.59 bits per heavy atom. The van der Waals surface area contributed by atoms with E-state index >= 15 is 0 Å². The minimum Gasteiger partial charge on any atom is -0.406 e. The molecule has 0 bridgehead atoms. The van der Waals surface area contributed by atoms with Gasteiger partial charge < -0.3 is 9.72 Å². The molecule has 0 saturated carbocycles. The van der Waals surface area contributed by atoms with Crippen molar-refractivity contribution in [3.05, 3.63) is 92.9 Å². The highest BCUT2D eigenvalue weighted by Crippen LogP contribution is 2.33. The van der Waals surface area contributed by atoms with Crippen LogP contribution in [-0.4, -0.2) is 22.1 Å². The summed E-state index contributed by atoms with van der Waals surface area (Å²) < 4.78 is 41.5. The number of aromatic amines is 1. The minimum absolute atomic E-state index is 0.151. The number of H-pyrrole nitrogens is 1. The summed E-state index contributed by atoms with van der Waals surface area (Å²) in [5, 5.41) is 0.793. The summed E-state index contributed by atoms with van der Waals surface area (Å²) in [5.41, 5.74) is 2.74. The summed E-state index contributed by atoms with van der Waals surface area (Å²) in [6.45, 7) is 0. The number of pyridine rings is 2. The van der Waals surface area contributed by atoms with Crippen molar-refractivity contribution in [1.29, 1.82) is 0 Å². The smallest absolute Gasteiger partial charge is 0.406 e. The summed E-state index contributed by atoms with van der Waals surface area (Å²) in [6.07, 6.45) is -2.57. The van der Waals surface area contributed by atoms with E-state index in [1.165, 1.54) is 18.2 Å². The van der Waals surface area contributed by atoms with E-state index in [0.717, 1.165) is 5.56 Å². The molecule has 2 aromatic carbocycles. The first-order valence-corrected chi connectivity index (χ1v) is 10.8. The Kier molecular flexibility index (Phi) is 5.40. The molecular weight excluding hydrogens is 469 g/mol. The molecule has 5 rings (SSSR count). The number of Topliss-reactive ketones (excluding diaryl/α,β-unsaturated/α-hetero) is 1. The van der Waals surface area contributed by atoms with Crippen molar-refractivity contribution in [2.24, 2.45) is 0 Å². The van der Waals surface area contributed by atoms with E-state index in [1.54, 1.807) is 42.6 Å². The van der Waals surface area contributed by atoms with Gasteiger partial charge in [-0.05, 0) is 54.3 Å². The summed E-state index contributed by atoms with van der Waals surface area (Å²) in [4.78, 5) is 33.4. The summed E-state index contributed by atoms with van der Waals surface area (Å²) >= 11 is 6.01. The zero-order chi connectivity index (χ0) is 24.0. The van der Waals surface area contributed by atoms with Crippen LogP contribution in [0.4, 0.5) is 13.2 Å². The van der Waals surface area contributed by atoms with Gasteiger partial charge in [0.05, 0.1) is 11.3 Å². The largest absolute Gasteiger partial charge is 0.573 e. The highest BCUT2D eigenvalue weighted by Gasteiger charge is 2.32. The lowest BCUT2D eigenvalue weighted by molar-refractivity contribution is -0.274. The number of hydrogen-bond acceptors (Lipinski definition) is 4. The molecule has 172 valence electrons. The first kappa shape index (κ1) is 22.2. The molecule has 0 amide bonds. The van der Waals surface area contributed by atoms with Crippen LogP contribution in [0.15, 0.2) is 65.6 Å². The highest BCUT2D eigenvalue weighted by atomic mass is 35.5. The van der Waals surface area contributed by atoms with Crippen LogP contribution in [0.2, 0.25) is 5.02 Å². The predicted octanol–water partition coefficient (Wildman–Crippen LogP) is 6.05. The SMILES string of the molecule is O=C1CC(c2ccc(-c3cccc(OC(F)(F)F)c3)nc2)Cc2[nH]c3ccc(Cl)cc3c(=O)c21. The quantitative estimate of drug-likeness (QED) is 0.384. The fraction of sp³-hybridized carbons (Fsp3) is 0.160. The second-order valence-electron chi connectivity index (χ2n) is 8.08. The highest BCUT2D eigenvalue weighted by molar-refractivity contribution is 6.31. The number of ketones is 1. The van der Waals surface area contributed by atoms with Crippen molar-refractivity contribution in [3.63, 3.8) is 0 Å². The van der Waals surface area contributed by atoms with Crippen LogP contribution < -0.4 is 10.2 Å². The number of alkyl halides is 3. The van der Waals surface area contributed by atoms with Crippen LogP contribution in [0, 0.1) is 0 Å². The van der Waals surface area contributed by atoms with Gasteiger partial charge in [0, 0.05) is 39.8 Å². The molecule has 4 aromatic rings. The second kappa shape index (κ2) is 8.29. The number of aromatic nitrogens is 2. The van der Waals surface area contributed by atoms with E-state index in [9.17, 15) is 22.8 Å². The van der Waals surface area contributed by atoms with E-state index in [0.29, 0.717) is 39.3 Å². The van der Waals surface area contributed by atoms with Gasteiger partial charge in [-0.2, -0.15) is 0 Å². The lowest BCUT2D eigenvalue weighted by atomic mass is 9.81. The average molecular weight is 485 g/mol. The number of rotatable bonds is 3. The van der Waals surface area contributed by atoms with Gasteiger partial charge in [0.15, 0.2) is 5.78 Å². The molecule has 1 unspecified atom stereocenters. The van der Waals surface area contributed by atoms with Crippen LogP contribution in [0.25, 0.3) is 22.2 Å². The average Bonchev–Trinajstić information content (AvgIpc) is 2.78. The normalized spacial score (nSPS) is 15.9. The molecule has 5 nitrogen and oxygen atoms in total. The number of nitrogens with one attached hydrogen (secondary N) is 1. The Morgan fingerprint density at radius 1 is 1.03 bits per heavy atom. The maximum atomic E-state index is 12.9. The fourth-order valence-electron chi connectivity index (χ4n) is 4.31. The molecule has 0 spiro atoms. The van der Waals surface area contributed by atoms with Crippen molar-refractivity contribution >= 4 is 28.3 Å². The van der Waals surface area contributed by atoms with Gasteiger partial charge in [-0.15, -0.1) is 13.2 Å². The molecule has 2 heterocycles. The maximum absolute atomic E-state index is 12.9. The molecule has 1 N–H and O–H groups in total. The third-order valence-corrected chi connectivity index (χ3v) is 6.06.